The fourth-order valence-corrected chi connectivity index (χ4v) is 4.30. The first-order valence-corrected chi connectivity index (χ1v) is 8.00. The number of aliphatic imine (C=N–C) groups is 1. The highest BCUT2D eigenvalue weighted by Crippen LogP contribution is 2.49. The topological polar surface area (TPSA) is 90.8 Å². The smallest absolute Gasteiger partial charge is 0.270 e. The number of benzene rings is 1. The molecule has 3 rings (SSSR count). The van der Waals surface area contributed by atoms with Crippen molar-refractivity contribution in [3.63, 3.8) is 0 Å². The Balaban J connectivity index is 2.16. The lowest BCUT2D eigenvalue weighted by Crippen LogP contribution is -2.42. The van der Waals surface area contributed by atoms with E-state index in [1.165, 1.54) is 17.8 Å². The lowest BCUT2D eigenvalue weighted by atomic mass is 9.78. The van der Waals surface area contributed by atoms with Gasteiger partial charge in [0.2, 0.25) is 0 Å². The van der Waals surface area contributed by atoms with Crippen LogP contribution in [0, 0.1) is 21.8 Å². The highest BCUT2D eigenvalue weighted by molar-refractivity contribution is 8.13. The van der Waals surface area contributed by atoms with Crippen LogP contribution < -0.4 is 5.73 Å². The van der Waals surface area contributed by atoms with Crippen LogP contribution in [-0.2, 0) is 10.3 Å². The van der Waals surface area contributed by atoms with Crippen molar-refractivity contribution in [2.75, 3.05) is 12.4 Å². The van der Waals surface area contributed by atoms with E-state index in [2.05, 4.69) is 4.99 Å². The van der Waals surface area contributed by atoms with Crippen molar-refractivity contribution >= 4 is 22.6 Å². The van der Waals surface area contributed by atoms with Crippen LogP contribution in [0.4, 0.5) is 10.1 Å². The molecule has 8 heteroatoms. The average molecular weight is 325 g/mol. The number of halogens is 1. The van der Waals surface area contributed by atoms with Gasteiger partial charge in [-0.25, -0.2) is 9.38 Å². The molecule has 0 bridgehead atoms. The summed E-state index contributed by atoms with van der Waals surface area (Å²) < 4.78 is 20.2. The van der Waals surface area contributed by atoms with Gasteiger partial charge in [-0.05, 0) is 12.5 Å². The Morgan fingerprint density at radius 3 is 3.09 bits per heavy atom. The molecule has 2 aliphatic rings. The maximum absolute atomic E-state index is 14.4. The number of nitrogens with two attached hydrogens (primary N) is 1. The maximum atomic E-state index is 14.4. The van der Waals surface area contributed by atoms with Gasteiger partial charge in [0.05, 0.1) is 17.6 Å². The van der Waals surface area contributed by atoms with E-state index in [0.29, 0.717) is 10.9 Å². The van der Waals surface area contributed by atoms with Crippen molar-refractivity contribution in [2.45, 2.75) is 25.0 Å². The van der Waals surface area contributed by atoms with Crippen LogP contribution in [0.3, 0.4) is 0 Å². The fraction of sp³-hybridized carbons (Fsp3) is 0.500. The molecule has 1 aromatic rings. The number of nitro benzene ring substituents is 1. The molecule has 2 heterocycles. The number of nitrogens with zero attached hydrogens (tertiary/aromatic N) is 2. The number of ether oxygens (including phenoxy) is 1. The largest absolute Gasteiger partial charge is 0.379 e. The van der Waals surface area contributed by atoms with E-state index in [-0.39, 0.29) is 29.9 Å². The lowest BCUT2D eigenvalue weighted by Gasteiger charge is -2.35. The third-order valence-corrected chi connectivity index (χ3v) is 5.24. The summed E-state index contributed by atoms with van der Waals surface area (Å²) in [6, 6.07) is 3.53. The second-order valence-electron chi connectivity index (χ2n) is 5.47. The fourth-order valence-electron chi connectivity index (χ4n) is 3.23. The number of hydrogen-bond acceptors (Lipinski definition) is 6. The summed E-state index contributed by atoms with van der Waals surface area (Å²) in [6.45, 7) is 2.19. The van der Waals surface area contributed by atoms with E-state index in [1.807, 2.05) is 6.92 Å². The second-order valence-corrected chi connectivity index (χ2v) is 6.51. The lowest BCUT2D eigenvalue weighted by molar-refractivity contribution is -0.385. The first kappa shape index (κ1) is 15.2. The number of non-ortho nitro benzene ring substituents is 1. The third kappa shape index (κ3) is 2.26. The Morgan fingerprint density at radius 2 is 2.41 bits per heavy atom. The molecule has 0 saturated carbocycles. The van der Waals surface area contributed by atoms with Gasteiger partial charge < -0.3 is 10.5 Å². The molecule has 0 amide bonds. The van der Waals surface area contributed by atoms with Gasteiger partial charge in [0, 0.05) is 29.4 Å². The zero-order valence-electron chi connectivity index (χ0n) is 12.0. The molecular weight excluding hydrogens is 309 g/mol. The zero-order chi connectivity index (χ0) is 15.9. The van der Waals surface area contributed by atoms with Gasteiger partial charge in [0.25, 0.3) is 5.69 Å². The minimum absolute atomic E-state index is 0.0497. The van der Waals surface area contributed by atoms with Gasteiger partial charge in [0.1, 0.15) is 11.4 Å². The molecule has 118 valence electrons. The second kappa shape index (κ2) is 5.51. The molecule has 0 spiro atoms. The summed E-state index contributed by atoms with van der Waals surface area (Å²) in [6.07, 6.45) is 0.724. The van der Waals surface area contributed by atoms with Crippen molar-refractivity contribution in [1.29, 1.82) is 0 Å². The van der Waals surface area contributed by atoms with Crippen LogP contribution >= 0.6 is 11.8 Å². The number of nitro groups is 1. The molecule has 1 fully saturated rings. The van der Waals surface area contributed by atoms with Gasteiger partial charge in [-0.2, -0.15) is 0 Å². The van der Waals surface area contributed by atoms with Gasteiger partial charge >= 0.3 is 0 Å². The molecule has 0 aromatic heterocycles. The van der Waals surface area contributed by atoms with E-state index in [4.69, 9.17) is 10.5 Å². The van der Waals surface area contributed by atoms with Crippen molar-refractivity contribution in [1.82, 2.24) is 0 Å². The maximum Gasteiger partial charge on any atom is 0.270 e. The number of rotatable bonds is 3. The summed E-state index contributed by atoms with van der Waals surface area (Å²) in [5, 5.41) is 11.4. The van der Waals surface area contributed by atoms with E-state index in [9.17, 15) is 14.5 Å². The van der Waals surface area contributed by atoms with Gasteiger partial charge in [0.15, 0.2) is 5.17 Å². The monoisotopic (exact) mass is 325 g/mol. The Hall–Kier alpha value is -1.67. The normalized spacial score (nSPS) is 30.7. The molecule has 0 radical (unpaired) electrons. The third-order valence-electron chi connectivity index (χ3n) is 4.33. The standard InChI is InChI=1S/C14H16FN3O3S/c1-2-12-10-6-22-13(16)17-14(10,7-21-12)9-5-8(18(19)20)3-4-11(9)15/h3-5,10,12H,2,6-7H2,1H3,(H2,16,17). The van der Waals surface area contributed by atoms with Crippen LogP contribution in [0.25, 0.3) is 0 Å². The molecule has 0 aliphatic carbocycles. The molecule has 22 heavy (non-hydrogen) atoms. The predicted molar refractivity (Wildman–Crippen MR) is 82.3 cm³/mol. The molecule has 1 aromatic carbocycles. The summed E-state index contributed by atoms with van der Waals surface area (Å²) in [7, 11) is 0. The number of thioether (sulfide) groups is 1. The summed E-state index contributed by atoms with van der Waals surface area (Å²) in [5.74, 6) is 0.0985. The molecule has 2 N–H and O–H groups in total. The Morgan fingerprint density at radius 1 is 1.64 bits per heavy atom. The molecule has 2 aliphatic heterocycles. The Bertz CT molecular complexity index is 654. The highest BCUT2D eigenvalue weighted by Gasteiger charge is 2.53. The molecule has 3 unspecified atom stereocenters. The predicted octanol–water partition coefficient (Wildman–Crippen LogP) is 2.42. The van der Waals surface area contributed by atoms with Crippen LogP contribution in [0.1, 0.15) is 18.9 Å². The Labute approximate surface area is 131 Å². The van der Waals surface area contributed by atoms with Gasteiger partial charge in [-0.1, -0.05) is 18.7 Å². The van der Waals surface area contributed by atoms with Gasteiger partial charge in [-0.15, -0.1) is 0 Å². The summed E-state index contributed by atoms with van der Waals surface area (Å²) >= 11 is 1.41. The zero-order valence-corrected chi connectivity index (χ0v) is 12.8. The van der Waals surface area contributed by atoms with Crippen molar-refractivity contribution in [3.8, 4) is 0 Å². The van der Waals surface area contributed by atoms with Crippen LogP contribution in [0.15, 0.2) is 23.2 Å². The van der Waals surface area contributed by atoms with E-state index < -0.39 is 16.3 Å². The van der Waals surface area contributed by atoms with E-state index in [0.717, 1.165) is 18.6 Å². The minimum atomic E-state index is -0.966. The molecule has 3 atom stereocenters. The molecule has 1 saturated heterocycles. The van der Waals surface area contributed by atoms with Crippen LogP contribution in [-0.4, -0.2) is 28.6 Å². The van der Waals surface area contributed by atoms with Gasteiger partial charge in [-0.3, -0.25) is 10.1 Å². The summed E-state index contributed by atoms with van der Waals surface area (Å²) in [5.41, 5.74) is 4.93. The minimum Gasteiger partial charge on any atom is -0.379 e. The van der Waals surface area contributed by atoms with Crippen molar-refractivity contribution in [3.05, 3.63) is 39.7 Å². The first-order chi connectivity index (χ1) is 10.5. The van der Waals surface area contributed by atoms with Crippen LogP contribution in [0.5, 0.6) is 0 Å². The number of hydrogen-bond donors (Lipinski definition) is 1. The average Bonchev–Trinajstić information content (AvgIpc) is 2.85. The van der Waals surface area contributed by atoms with Crippen LogP contribution in [0.2, 0.25) is 0 Å². The first-order valence-electron chi connectivity index (χ1n) is 7.02. The molecule has 6 nitrogen and oxygen atoms in total. The Kier molecular flexibility index (Phi) is 3.82. The summed E-state index contributed by atoms with van der Waals surface area (Å²) in [4.78, 5) is 14.9. The quantitative estimate of drug-likeness (QED) is 0.681. The van der Waals surface area contributed by atoms with E-state index >= 15 is 0 Å². The number of amidine groups is 1. The number of fused-ring (bicyclic) bond motifs is 1. The van der Waals surface area contributed by atoms with Crippen molar-refractivity contribution < 1.29 is 14.1 Å². The van der Waals surface area contributed by atoms with E-state index in [1.54, 1.807) is 0 Å². The highest BCUT2D eigenvalue weighted by atomic mass is 32.2. The molecular formula is C14H16FN3O3S. The SMILES string of the molecule is CCC1OCC2(c3cc([N+](=O)[O-])ccc3F)N=C(N)SCC12. The van der Waals surface area contributed by atoms with Crippen molar-refractivity contribution in [2.24, 2.45) is 16.6 Å².